The predicted molar refractivity (Wildman–Crippen MR) is 67.5 cm³/mol. The van der Waals surface area contributed by atoms with Gasteiger partial charge in [-0.25, -0.2) is 0 Å². The second kappa shape index (κ2) is 8.10. The Morgan fingerprint density at radius 1 is 1.53 bits per heavy atom. The number of amides is 1. The molecular weight excluding hydrogens is 216 g/mol. The first-order valence-corrected chi connectivity index (χ1v) is 6.33. The van der Waals surface area contributed by atoms with Crippen LogP contribution in [0.5, 0.6) is 0 Å². The van der Waals surface area contributed by atoms with Gasteiger partial charge >= 0.3 is 0 Å². The van der Waals surface area contributed by atoms with E-state index in [2.05, 4.69) is 23.5 Å². The molecule has 4 heteroatoms. The normalized spacial score (nSPS) is 18.4. The predicted octanol–water partition coefficient (Wildman–Crippen LogP) is 0.673. The average Bonchev–Trinajstić information content (AvgIpc) is 2.35. The molecule has 0 aliphatic carbocycles. The first kappa shape index (κ1) is 14.0. The fraction of sp³-hybridized carbons (Fsp3) is 0.769. The lowest BCUT2D eigenvalue weighted by molar-refractivity contribution is -0.121. The summed E-state index contributed by atoms with van der Waals surface area (Å²) in [6.07, 6.45) is 9.09. The van der Waals surface area contributed by atoms with Crippen molar-refractivity contribution in [2.75, 3.05) is 19.8 Å². The maximum atomic E-state index is 11.7. The molecule has 0 bridgehead atoms. The summed E-state index contributed by atoms with van der Waals surface area (Å²) in [4.78, 5) is 11.7. The minimum absolute atomic E-state index is 0.000407. The maximum absolute atomic E-state index is 11.7. The Kier molecular flexibility index (Phi) is 6.68. The van der Waals surface area contributed by atoms with Gasteiger partial charge in [0.1, 0.15) is 0 Å². The Labute approximate surface area is 103 Å². The van der Waals surface area contributed by atoms with Crippen molar-refractivity contribution < 1.29 is 9.53 Å². The third-order valence-corrected chi connectivity index (χ3v) is 2.87. The Morgan fingerprint density at radius 3 is 2.82 bits per heavy atom. The number of ether oxygens (including phenoxy) is 1. The monoisotopic (exact) mass is 238 g/mol. The van der Waals surface area contributed by atoms with E-state index in [1.165, 1.54) is 0 Å². The third-order valence-electron chi connectivity index (χ3n) is 2.87. The summed E-state index contributed by atoms with van der Waals surface area (Å²) >= 11 is 0. The Morgan fingerprint density at radius 2 is 2.24 bits per heavy atom. The number of hydrogen-bond donors (Lipinski definition) is 2. The molecule has 1 rings (SSSR count). The van der Waals surface area contributed by atoms with Crippen LogP contribution in [0.15, 0.2) is 0 Å². The molecule has 0 spiro atoms. The highest BCUT2D eigenvalue weighted by Crippen LogP contribution is 2.05. The molecule has 17 heavy (non-hydrogen) atoms. The van der Waals surface area contributed by atoms with E-state index in [1.807, 2.05) is 0 Å². The van der Waals surface area contributed by atoms with E-state index < -0.39 is 0 Å². The van der Waals surface area contributed by atoms with Gasteiger partial charge in [-0.2, -0.15) is 0 Å². The molecule has 0 aromatic heterocycles. The molecule has 1 aliphatic rings. The van der Waals surface area contributed by atoms with E-state index in [9.17, 15) is 4.79 Å². The maximum Gasteiger partial charge on any atom is 0.234 e. The third kappa shape index (κ3) is 5.71. The van der Waals surface area contributed by atoms with Crippen molar-refractivity contribution in [1.82, 2.24) is 10.6 Å². The zero-order chi connectivity index (χ0) is 12.5. The number of carbonyl (C=O) groups excluding carboxylic acids is 1. The van der Waals surface area contributed by atoms with Crippen LogP contribution in [0.25, 0.3) is 0 Å². The standard InChI is InChI=1S/C13H22N2O2/c1-3-5-11(4-2)14-10-13(16)15-12-6-8-17-9-7-12/h2,11-12,14H,3,5-10H2,1H3,(H,15,16). The average molecular weight is 238 g/mol. The van der Waals surface area contributed by atoms with Crippen molar-refractivity contribution in [3.05, 3.63) is 0 Å². The second-order valence-electron chi connectivity index (χ2n) is 4.34. The van der Waals surface area contributed by atoms with Crippen LogP contribution in [0.3, 0.4) is 0 Å². The molecule has 1 atom stereocenters. The number of hydrogen-bond acceptors (Lipinski definition) is 3. The lowest BCUT2D eigenvalue weighted by atomic mass is 10.1. The minimum Gasteiger partial charge on any atom is -0.381 e. The Bertz CT molecular complexity index is 267. The smallest absolute Gasteiger partial charge is 0.234 e. The van der Waals surface area contributed by atoms with E-state index >= 15 is 0 Å². The van der Waals surface area contributed by atoms with Crippen LogP contribution in [0, 0.1) is 12.3 Å². The molecule has 0 saturated carbocycles. The molecule has 0 aromatic rings. The number of nitrogens with one attached hydrogen (secondary N) is 2. The van der Waals surface area contributed by atoms with Crippen molar-refractivity contribution >= 4 is 5.91 Å². The fourth-order valence-electron chi connectivity index (χ4n) is 1.87. The first-order valence-electron chi connectivity index (χ1n) is 6.33. The van der Waals surface area contributed by atoms with Crippen molar-refractivity contribution in [1.29, 1.82) is 0 Å². The van der Waals surface area contributed by atoms with Crippen molar-refractivity contribution in [2.24, 2.45) is 0 Å². The van der Waals surface area contributed by atoms with Gasteiger partial charge in [0, 0.05) is 19.3 Å². The van der Waals surface area contributed by atoms with Gasteiger partial charge in [-0.1, -0.05) is 19.3 Å². The molecule has 0 radical (unpaired) electrons. The molecule has 2 N–H and O–H groups in total. The molecule has 1 saturated heterocycles. The molecular formula is C13H22N2O2. The van der Waals surface area contributed by atoms with E-state index in [1.54, 1.807) is 0 Å². The summed E-state index contributed by atoms with van der Waals surface area (Å²) < 4.78 is 5.24. The van der Waals surface area contributed by atoms with Crippen LogP contribution in [-0.2, 0) is 9.53 Å². The summed E-state index contributed by atoms with van der Waals surface area (Å²) in [6, 6.07) is 0.258. The summed E-state index contributed by atoms with van der Waals surface area (Å²) in [7, 11) is 0. The minimum atomic E-state index is 0.000407. The van der Waals surface area contributed by atoms with Crippen molar-refractivity contribution in [3.63, 3.8) is 0 Å². The molecule has 96 valence electrons. The Hall–Kier alpha value is -1.05. The highest BCUT2D eigenvalue weighted by molar-refractivity contribution is 5.78. The van der Waals surface area contributed by atoms with Gasteiger partial charge in [-0.15, -0.1) is 6.42 Å². The van der Waals surface area contributed by atoms with Crippen LogP contribution < -0.4 is 10.6 Å². The number of rotatable bonds is 6. The fourth-order valence-corrected chi connectivity index (χ4v) is 1.87. The van der Waals surface area contributed by atoms with Gasteiger partial charge in [0.2, 0.25) is 5.91 Å². The SMILES string of the molecule is C#CC(CCC)NCC(=O)NC1CCOCC1. The van der Waals surface area contributed by atoms with Gasteiger partial charge in [0.05, 0.1) is 12.6 Å². The highest BCUT2D eigenvalue weighted by atomic mass is 16.5. The first-order chi connectivity index (χ1) is 8.26. The van der Waals surface area contributed by atoms with Crippen LogP contribution in [-0.4, -0.2) is 37.7 Å². The summed E-state index contributed by atoms with van der Waals surface area (Å²) in [6.45, 7) is 3.85. The molecule has 1 heterocycles. The zero-order valence-electron chi connectivity index (χ0n) is 10.5. The van der Waals surface area contributed by atoms with Gasteiger partial charge < -0.3 is 10.1 Å². The summed E-state index contributed by atoms with van der Waals surface area (Å²) in [5, 5.41) is 6.07. The molecule has 4 nitrogen and oxygen atoms in total. The topological polar surface area (TPSA) is 50.4 Å². The molecule has 1 amide bonds. The van der Waals surface area contributed by atoms with Crippen LogP contribution in [0.1, 0.15) is 32.6 Å². The largest absolute Gasteiger partial charge is 0.381 e. The van der Waals surface area contributed by atoms with Gasteiger partial charge in [0.15, 0.2) is 0 Å². The molecule has 0 aromatic carbocycles. The van der Waals surface area contributed by atoms with Gasteiger partial charge in [-0.3, -0.25) is 10.1 Å². The van der Waals surface area contributed by atoms with Gasteiger partial charge in [-0.05, 0) is 19.3 Å². The summed E-state index contributed by atoms with van der Waals surface area (Å²) in [5.74, 6) is 2.67. The zero-order valence-corrected chi connectivity index (χ0v) is 10.5. The molecule has 1 unspecified atom stereocenters. The van der Waals surface area contributed by atoms with Gasteiger partial charge in [0.25, 0.3) is 0 Å². The highest BCUT2D eigenvalue weighted by Gasteiger charge is 2.16. The molecule has 1 fully saturated rings. The Balaban J connectivity index is 2.17. The van der Waals surface area contributed by atoms with Crippen LogP contribution in [0.4, 0.5) is 0 Å². The molecule has 1 aliphatic heterocycles. The van der Waals surface area contributed by atoms with Crippen LogP contribution >= 0.6 is 0 Å². The quantitative estimate of drug-likeness (QED) is 0.669. The summed E-state index contributed by atoms with van der Waals surface area (Å²) in [5.41, 5.74) is 0. The van der Waals surface area contributed by atoms with Crippen molar-refractivity contribution in [3.8, 4) is 12.3 Å². The number of terminal acetylenes is 1. The lowest BCUT2D eigenvalue weighted by Gasteiger charge is -2.23. The lowest BCUT2D eigenvalue weighted by Crippen LogP contribution is -2.44. The van der Waals surface area contributed by atoms with E-state index in [-0.39, 0.29) is 18.0 Å². The van der Waals surface area contributed by atoms with E-state index in [4.69, 9.17) is 11.2 Å². The number of carbonyl (C=O) groups is 1. The van der Waals surface area contributed by atoms with E-state index in [0.29, 0.717) is 6.54 Å². The van der Waals surface area contributed by atoms with E-state index in [0.717, 1.165) is 38.9 Å². The van der Waals surface area contributed by atoms with Crippen LogP contribution in [0.2, 0.25) is 0 Å². The van der Waals surface area contributed by atoms with Crippen molar-refractivity contribution in [2.45, 2.75) is 44.7 Å². The second-order valence-corrected chi connectivity index (χ2v) is 4.34.